The molecule has 2 rings (SSSR count). The zero-order valence-corrected chi connectivity index (χ0v) is 11.1. The molecule has 0 aliphatic rings. The van der Waals surface area contributed by atoms with Crippen LogP contribution in [0, 0.1) is 0 Å². The average Bonchev–Trinajstić information content (AvgIpc) is 2.91. The maximum Gasteiger partial charge on any atom is 0.125 e. The Morgan fingerprint density at radius 2 is 2.28 bits per heavy atom. The van der Waals surface area contributed by atoms with Crippen LogP contribution < -0.4 is 10.1 Å². The van der Waals surface area contributed by atoms with Crippen LogP contribution in [-0.2, 0) is 0 Å². The number of methoxy groups -OCH3 is 1. The van der Waals surface area contributed by atoms with E-state index in [4.69, 9.17) is 4.74 Å². The van der Waals surface area contributed by atoms with Gasteiger partial charge in [0, 0.05) is 24.0 Å². The predicted molar refractivity (Wildman–Crippen MR) is 72.2 cm³/mol. The van der Waals surface area contributed by atoms with Crippen LogP contribution in [0.3, 0.4) is 0 Å². The Morgan fingerprint density at radius 3 is 2.89 bits per heavy atom. The van der Waals surface area contributed by atoms with Crippen LogP contribution in [0.4, 0.5) is 0 Å². The third-order valence-corrected chi connectivity index (χ3v) is 2.99. The first-order chi connectivity index (χ1) is 8.77. The molecule has 1 unspecified atom stereocenters. The van der Waals surface area contributed by atoms with Gasteiger partial charge in [0.1, 0.15) is 5.75 Å². The molecule has 0 radical (unpaired) electrons. The topological polar surface area (TPSA) is 39.1 Å². The summed E-state index contributed by atoms with van der Waals surface area (Å²) in [5.74, 6) is 0.898. The number of nitrogens with zero attached hydrogens (tertiary/aromatic N) is 2. The largest absolute Gasteiger partial charge is 0.496 e. The maximum atomic E-state index is 5.48. The summed E-state index contributed by atoms with van der Waals surface area (Å²) < 4.78 is 7.48. The van der Waals surface area contributed by atoms with E-state index >= 15 is 0 Å². The molecular weight excluding hydrogens is 226 g/mol. The third kappa shape index (κ3) is 2.38. The fraction of sp³-hybridized carbons (Fsp3) is 0.357. The Morgan fingerprint density at radius 1 is 1.44 bits per heavy atom. The van der Waals surface area contributed by atoms with Gasteiger partial charge in [0.05, 0.1) is 19.1 Å². The number of nitrogens with one attached hydrogen (secondary N) is 1. The number of imidazole rings is 1. The first-order valence-corrected chi connectivity index (χ1v) is 6.16. The number of benzene rings is 1. The molecule has 96 valence electrons. The molecule has 1 aromatic carbocycles. The Hall–Kier alpha value is -1.81. The lowest BCUT2D eigenvalue weighted by atomic mass is 10.0. The molecule has 1 aromatic heterocycles. The van der Waals surface area contributed by atoms with E-state index in [2.05, 4.69) is 30.2 Å². The van der Waals surface area contributed by atoms with E-state index in [1.807, 2.05) is 22.9 Å². The van der Waals surface area contributed by atoms with Crippen molar-refractivity contribution in [1.29, 1.82) is 0 Å². The molecule has 18 heavy (non-hydrogen) atoms. The zero-order chi connectivity index (χ0) is 13.0. The van der Waals surface area contributed by atoms with E-state index in [1.54, 1.807) is 19.6 Å². The molecule has 0 spiro atoms. The minimum atomic E-state index is 0.226. The fourth-order valence-electron chi connectivity index (χ4n) is 2.18. The Bertz CT molecular complexity index is 494. The quantitative estimate of drug-likeness (QED) is 0.880. The monoisotopic (exact) mass is 245 g/mol. The van der Waals surface area contributed by atoms with Crippen molar-refractivity contribution in [3.63, 3.8) is 0 Å². The van der Waals surface area contributed by atoms with Gasteiger partial charge in [0.2, 0.25) is 0 Å². The molecule has 0 saturated carbocycles. The van der Waals surface area contributed by atoms with Crippen molar-refractivity contribution in [2.75, 3.05) is 13.7 Å². The van der Waals surface area contributed by atoms with Gasteiger partial charge in [-0.05, 0) is 25.6 Å². The number of hydrogen-bond acceptors (Lipinski definition) is 3. The first-order valence-electron chi connectivity index (χ1n) is 6.16. The molecule has 0 aliphatic heterocycles. The molecule has 0 saturated heterocycles. The number of ether oxygens (including phenoxy) is 1. The molecule has 1 heterocycles. The van der Waals surface area contributed by atoms with E-state index in [1.165, 1.54) is 0 Å². The molecule has 1 atom stereocenters. The standard InChI is InChI=1S/C14H19N3O/c1-4-16-11(2)14-12(17-9-8-15-10-17)6-5-7-13(14)18-3/h5-11,16H,4H2,1-3H3. The fourth-order valence-corrected chi connectivity index (χ4v) is 2.18. The van der Waals surface area contributed by atoms with Crippen molar-refractivity contribution in [2.24, 2.45) is 0 Å². The Kier molecular flexibility index (Phi) is 3.99. The molecule has 4 heteroatoms. The van der Waals surface area contributed by atoms with Crippen LogP contribution >= 0.6 is 0 Å². The molecule has 0 aliphatic carbocycles. The Balaban J connectivity index is 2.52. The summed E-state index contributed by atoms with van der Waals surface area (Å²) in [5, 5.41) is 3.43. The van der Waals surface area contributed by atoms with Crippen LogP contribution in [0.25, 0.3) is 5.69 Å². The number of hydrogen-bond donors (Lipinski definition) is 1. The summed E-state index contributed by atoms with van der Waals surface area (Å²) in [5.41, 5.74) is 2.25. The first kappa shape index (κ1) is 12.6. The van der Waals surface area contributed by atoms with Crippen LogP contribution in [0.15, 0.2) is 36.9 Å². The Labute approximate surface area is 108 Å². The van der Waals surface area contributed by atoms with E-state index < -0.39 is 0 Å². The van der Waals surface area contributed by atoms with E-state index in [-0.39, 0.29) is 6.04 Å². The number of aromatic nitrogens is 2. The lowest BCUT2D eigenvalue weighted by Crippen LogP contribution is -2.20. The van der Waals surface area contributed by atoms with Gasteiger partial charge in [0.15, 0.2) is 0 Å². The summed E-state index contributed by atoms with van der Waals surface area (Å²) in [6, 6.07) is 6.29. The van der Waals surface area contributed by atoms with Crippen molar-refractivity contribution >= 4 is 0 Å². The van der Waals surface area contributed by atoms with Gasteiger partial charge < -0.3 is 14.6 Å². The van der Waals surface area contributed by atoms with Crippen molar-refractivity contribution in [2.45, 2.75) is 19.9 Å². The minimum Gasteiger partial charge on any atom is -0.496 e. The second-order valence-corrected chi connectivity index (χ2v) is 4.14. The molecule has 0 fully saturated rings. The van der Waals surface area contributed by atoms with E-state index in [0.29, 0.717) is 0 Å². The summed E-state index contributed by atoms with van der Waals surface area (Å²) in [6.07, 6.45) is 5.52. The predicted octanol–water partition coefficient (Wildman–Crippen LogP) is 2.55. The SMILES string of the molecule is CCNC(C)c1c(OC)cccc1-n1ccnc1. The summed E-state index contributed by atoms with van der Waals surface area (Å²) in [4.78, 5) is 4.10. The van der Waals surface area contributed by atoms with Gasteiger partial charge in [-0.25, -0.2) is 4.98 Å². The third-order valence-electron chi connectivity index (χ3n) is 2.99. The highest BCUT2D eigenvalue weighted by atomic mass is 16.5. The maximum absolute atomic E-state index is 5.48. The van der Waals surface area contributed by atoms with Crippen molar-refractivity contribution in [3.8, 4) is 11.4 Å². The van der Waals surface area contributed by atoms with Gasteiger partial charge in [-0.2, -0.15) is 0 Å². The average molecular weight is 245 g/mol. The van der Waals surface area contributed by atoms with Crippen LogP contribution in [0.1, 0.15) is 25.5 Å². The highest BCUT2D eigenvalue weighted by Crippen LogP contribution is 2.30. The van der Waals surface area contributed by atoms with Crippen molar-refractivity contribution in [3.05, 3.63) is 42.5 Å². The molecule has 0 bridgehead atoms. The molecule has 2 aromatic rings. The normalized spacial score (nSPS) is 12.4. The molecular formula is C14H19N3O. The smallest absolute Gasteiger partial charge is 0.125 e. The van der Waals surface area contributed by atoms with Gasteiger partial charge in [-0.15, -0.1) is 0 Å². The van der Waals surface area contributed by atoms with Gasteiger partial charge in [0.25, 0.3) is 0 Å². The number of rotatable bonds is 5. The van der Waals surface area contributed by atoms with E-state index in [0.717, 1.165) is 23.5 Å². The second kappa shape index (κ2) is 5.69. The summed E-state index contributed by atoms with van der Waals surface area (Å²) in [7, 11) is 1.70. The van der Waals surface area contributed by atoms with Crippen molar-refractivity contribution in [1.82, 2.24) is 14.9 Å². The molecule has 1 N–H and O–H groups in total. The summed E-state index contributed by atoms with van der Waals surface area (Å²) in [6.45, 7) is 5.16. The van der Waals surface area contributed by atoms with Crippen molar-refractivity contribution < 1.29 is 4.74 Å². The zero-order valence-electron chi connectivity index (χ0n) is 11.1. The van der Waals surface area contributed by atoms with Crippen LogP contribution in [0.5, 0.6) is 5.75 Å². The van der Waals surface area contributed by atoms with Gasteiger partial charge >= 0.3 is 0 Å². The highest BCUT2D eigenvalue weighted by Gasteiger charge is 2.16. The van der Waals surface area contributed by atoms with E-state index in [9.17, 15) is 0 Å². The van der Waals surface area contributed by atoms with Gasteiger partial charge in [-0.3, -0.25) is 0 Å². The summed E-state index contributed by atoms with van der Waals surface area (Å²) >= 11 is 0. The molecule has 4 nitrogen and oxygen atoms in total. The highest BCUT2D eigenvalue weighted by molar-refractivity contribution is 5.51. The molecule has 0 amide bonds. The second-order valence-electron chi connectivity index (χ2n) is 4.14. The minimum absolute atomic E-state index is 0.226. The van der Waals surface area contributed by atoms with Crippen LogP contribution in [-0.4, -0.2) is 23.2 Å². The van der Waals surface area contributed by atoms with Crippen LogP contribution in [0.2, 0.25) is 0 Å². The van der Waals surface area contributed by atoms with Gasteiger partial charge in [-0.1, -0.05) is 13.0 Å². The lowest BCUT2D eigenvalue weighted by Gasteiger charge is -2.20. The lowest BCUT2D eigenvalue weighted by molar-refractivity contribution is 0.402.